The maximum absolute atomic E-state index is 12.9. The molecule has 3 N–H and O–H groups in total. The van der Waals surface area contributed by atoms with Crippen LogP contribution in [0.3, 0.4) is 0 Å². The monoisotopic (exact) mass is 475 g/mol. The Morgan fingerprint density at radius 1 is 1.18 bits per heavy atom. The van der Waals surface area contributed by atoms with Crippen molar-refractivity contribution in [1.82, 2.24) is 30.4 Å². The molecule has 0 spiro atoms. The lowest BCUT2D eigenvalue weighted by atomic mass is 10.1. The summed E-state index contributed by atoms with van der Waals surface area (Å²) in [6.45, 7) is 2.37. The van der Waals surface area contributed by atoms with Crippen LogP contribution in [-0.4, -0.2) is 62.7 Å². The molecule has 1 aliphatic heterocycles. The first kappa shape index (κ1) is 22.2. The molecule has 34 heavy (non-hydrogen) atoms. The molecule has 1 unspecified atom stereocenters. The van der Waals surface area contributed by atoms with Gasteiger partial charge in [-0.3, -0.25) is 4.79 Å². The molecule has 9 nitrogen and oxygen atoms in total. The van der Waals surface area contributed by atoms with Gasteiger partial charge in [-0.1, -0.05) is 12.1 Å². The number of anilines is 1. The summed E-state index contributed by atoms with van der Waals surface area (Å²) in [4.78, 5) is 25.0. The average Bonchev–Trinajstić information content (AvgIpc) is 3.32. The molecule has 1 saturated heterocycles. The van der Waals surface area contributed by atoms with E-state index in [0.29, 0.717) is 25.3 Å². The number of thioether (sulfide) groups is 1. The predicted octanol–water partition coefficient (Wildman–Crippen LogP) is 2.34. The normalized spacial score (nSPS) is 16.0. The van der Waals surface area contributed by atoms with Gasteiger partial charge in [-0.25, -0.2) is 14.6 Å². The molecular formula is C24H25N7O2S. The van der Waals surface area contributed by atoms with E-state index in [1.54, 1.807) is 40.7 Å². The molecule has 0 bridgehead atoms. The van der Waals surface area contributed by atoms with E-state index in [1.165, 1.54) is 11.2 Å². The number of hydrogen-bond acceptors (Lipinski definition) is 8. The number of aromatic hydroxyl groups is 1. The van der Waals surface area contributed by atoms with Gasteiger partial charge in [0.25, 0.3) is 0 Å². The SMILES string of the molecule is CSc1ccc(CNC(=O)C2CN(c3ncnc4nn(-c5ccc(O)cc5)cc34)CCN2)cc1. The number of phenols is 1. The largest absolute Gasteiger partial charge is 0.508 e. The van der Waals surface area contributed by atoms with E-state index >= 15 is 0 Å². The highest BCUT2D eigenvalue weighted by atomic mass is 32.2. The number of piperazine rings is 1. The Balaban J connectivity index is 1.30. The van der Waals surface area contributed by atoms with Gasteiger partial charge < -0.3 is 20.6 Å². The lowest BCUT2D eigenvalue weighted by molar-refractivity contribution is -0.123. The first-order chi connectivity index (χ1) is 16.6. The van der Waals surface area contributed by atoms with Crippen LogP contribution in [0.25, 0.3) is 16.7 Å². The number of rotatable bonds is 6. The zero-order valence-electron chi connectivity index (χ0n) is 18.7. The quantitative estimate of drug-likeness (QED) is 0.365. The number of amides is 1. The Morgan fingerprint density at radius 2 is 1.97 bits per heavy atom. The van der Waals surface area contributed by atoms with Crippen LogP contribution < -0.4 is 15.5 Å². The molecular weight excluding hydrogens is 450 g/mol. The topological polar surface area (TPSA) is 108 Å². The van der Waals surface area contributed by atoms with E-state index in [-0.39, 0.29) is 17.7 Å². The van der Waals surface area contributed by atoms with Crippen molar-refractivity contribution in [2.75, 3.05) is 30.8 Å². The van der Waals surface area contributed by atoms with Gasteiger partial charge in [-0.15, -0.1) is 16.9 Å². The third-order valence-electron chi connectivity index (χ3n) is 5.83. The summed E-state index contributed by atoms with van der Waals surface area (Å²) < 4.78 is 1.72. The van der Waals surface area contributed by atoms with Gasteiger partial charge in [0, 0.05) is 37.3 Å². The summed E-state index contributed by atoms with van der Waals surface area (Å²) in [5, 5.41) is 21.3. The summed E-state index contributed by atoms with van der Waals surface area (Å²) in [5.41, 5.74) is 2.45. The second-order valence-corrected chi connectivity index (χ2v) is 8.92. The second kappa shape index (κ2) is 9.70. The fraction of sp³-hybridized carbons (Fsp3) is 0.250. The molecule has 4 aromatic rings. The maximum Gasteiger partial charge on any atom is 0.239 e. The van der Waals surface area contributed by atoms with Gasteiger partial charge in [0.1, 0.15) is 23.9 Å². The van der Waals surface area contributed by atoms with Crippen molar-refractivity contribution in [2.24, 2.45) is 0 Å². The molecule has 10 heteroatoms. The number of carbonyl (C=O) groups excluding carboxylic acids is 1. The zero-order chi connectivity index (χ0) is 23.5. The van der Waals surface area contributed by atoms with Gasteiger partial charge in [0.15, 0.2) is 5.65 Å². The van der Waals surface area contributed by atoms with Crippen LogP contribution >= 0.6 is 11.8 Å². The number of fused-ring (bicyclic) bond motifs is 1. The number of nitrogens with one attached hydrogen (secondary N) is 2. The van der Waals surface area contributed by atoms with Crippen molar-refractivity contribution < 1.29 is 9.90 Å². The molecule has 1 aliphatic rings. The van der Waals surface area contributed by atoms with E-state index in [4.69, 9.17) is 0 Å². The third kappa shape index (κ3) is 4.68. The Labute approximate surface area is 201 Å². The summed E-state index contributed by atoms with van der Waals surface area (Å²) in [6.07, 6.45) is 5.43. The van der Waals surface area contributed by atoms with Gasteiger partial charge in [0.2, 0.25) is 5.91 Å². The average molecular weight is 476 g/mol. The van der Waals surface area contributed by atoms with Gasteiger partial charge in [0.05, 0.1) is 11.1 Å². The molecule has 1 amide bonds. The highest BCUT2D eigenvalue weighted by Crippen LogP contribution is 2.25. The van der Waals surface area contributed by atoms with E-state index in [2.05, 4.69) is 42.7 Å². The Bertz CT molecular complexity index is 1290. The van der Waals surface area contributed by atoms with Crippen LogP contribution in [0.1, 0.15) is 5.56 Å². The Morgan fingerprint density at radius 3 is 2.74 bits per heavy atom. The standard InChI is InChI=1S/C24H25N7O2S/c1-34-19-8-2-16(3-9-19)12-26-24(33)21-14-30(11-10-25-21)23-20-13-31(29-22(20)27-15-28-23)17-4-6-18(32)7-5-17/h2-9,13,15,21,25,32H,10-12,14H2,1H3,(H,26,33). The van der Waals surface area contributed by atoms with E-state index in [1.807, 2.05) is 24.6 Å². The molecule has 1 fully saturated rings. The Kier molecular flexibility index (Phi) is 6.33. The van der Waals surface area contributed by atoms with Crippen LogP contribution in [-0.2, 0) is 11.3 Å². The fourth-order valence-corrected chi connectivity index (χ4v) is 4.40. The van der Waals surface area contributed by atoms with Gasteiger partial charge in [-0.2, -0.15) is 0 Å². The third-order valence-corrected chi connectivity index (χ3v) is 6.57. The van der Waals surface area contributed by atoms with Crippen LogP contribution in [0.15, 0.2) is 66.0 Å². The van der Waals surface area contributed by atoms with Crippen LogP contribution in [0.2, 0.25) is 0 Å². The summed E-state index contributed by atoms with van der Waals surface area (Å²) in [5.74, 6) is 0.911. The van der Waals surface area contributed by atoms with Crippen LogP contribution in [0.5, 0.6) is 5.75 Å². The van der Waals surface area contributed by atoms with Crippen molar-refractivity contribution in [3.8, 4) is 11.4 Å². The van der Waals surface area contributed by atoms with Crippen molar-refractivity contribution in [3.63, 3.8) is 0 Å². The highest BCUT2D eigenvalue weighted by Gasteiger charge is 2.27. The fourth-order valence-electron chi connectivity index (χ4n) is 3.99. The molecule has 3 heterocycles. The minimum atomic E-state index is -0.351. The minimum Gasteiger partial charge on any atom is -0.508 e. The van der Waals surface area contributed by atoms with E-state index < -0.39 is 0 Å². The number of phenolic OH excluding ortho intramolecular Hbond substituents is 1. The predicted molar refractivity (Wildman–Crippen MR) is 132 cm³/mol. The van der Waals surface area contributed by atoms with Gasteiger partial charge >= 0.3 is 0 Å². The first-order valence-corrected chi connectivity index (χ1v) is 12.2. The zero-order valence-corrected chi connectivity index (χ0v) is 19.5. The number of nitrogens with zero attached hydrogens (tertiary/aromatic N) is 5. The summed E-state index contributed by atoms with van der Waals surface area (Å²) >= 11 is 1.69. The van der Waals surface area contributed by atoms with E-state index in [9.17, 15) is 9.90 Å². The van der Waals surface area contributed by atoms with Crippen LogP contribution in [0.4, 0.5) is 5.82 Å². The molecule has 2 aromatic heterocycles. The smallest absolute Gasteiger partial charge is 0.239 e. The lowest BCUT2D eigenvalue weighted by Gasteiger charge is -2.33. The van der Waals surface area contributed by atoms with Crippen molar-refractivity contribution in [3.05, 3.63) is 66.6 Å². The lowest BCUT2D eigenvalue weighted by Crippen LogP contribution is -2.57. The van der Waals surface area contributed by atoms with E-state index in [0.717, 1.165) is 29.0 Å². The highest BCUT2D eigenvalue weighted by molar-refractivity contribution is 7.98. The Hall–Kier alpha value is -3.63. The van der Waals surface area contributed by atoms with Crippen LogP contribution in [0, 0.1) is 0 Å². The molecule has 0 radical (unpaired) electrons. The van der Waals surface area contributed by atoms with Crippen molar-refractivity contribution >= 4 is 34.5 Å². The number of benzene rings is 2. The number of carbonyl (C=O) groups is 1. The number of aromatic nitrogens is 4. The molecule has 0 aliphatic carbocycles. The van der Waals surface area contributed by atoms with Crippen molar-refractivity contribution in [2.45, 2.75) is 17.5 Å². The minimum absolute atomic E-state index is 0.0382. The van der Waals surface area contributed by atoms with Gasteiger partial charge in [-0.05, 0) is 48.2 Å². The summed E-state index contributed by atoms with van der Waals surface area (Å²) in [6, 6.07) is 14.7. The maximum atomic E-state index is 12.9. The first-order valence-electron chi connectivity index (χ1n) is 11.0. The molecule has 2 aromatic carbocycles. The molecule has 0 saturated carbocycles. The number of hydrogen-bond donors (Lipinski definition) is 3. The van der Waals surface area contributed by atoms with Crippen molar-refractivity contribution in [1.29, 1.82) is 0 Å². The summed E-state index contributed by atoms with van der Waals surface area (Å²) in [7, 11) is 0. The second-order valence-electron chi connectivity index (χ2n) is 8.04. The molecule has 1 atom stereocenters. The molecule has 5 rings (SSSR count). The molecule has 174 valence electrons.